The molecule has 1 unspecified atom stereocenters. The first kappa shape index (κ1) is 10.2. The van der Waals surface area contributed by atoms with Gasteiger partial charge in [0.05, 0.1) is 7.11 Å². The van der Waals surface area contributed by atoms with Crippen molar-refractivity contribution >= 4 is 5.69 Å². The Morgan fingerprint density at radius 2 is 2.40 bits per heavy atom. The monoisotopic (exact) mass is 210 g/mol. The number of anilines is 1. The van der Waals surface area contributed by atoms with Crippen LogP contribution in [0.1, 0.15) is 6.42 Å². The zero-order valence-corrected chi connectivity index (χ0v) is 8.72. The van der Waals surface area contributed by atoms with Gasteiger partial charge in [-0.25, -0.2) is 4.39 Å². The zero-order chi connectivity index (χ0) is 10.7. The highest BCUT2D eigenvalue weighted by atomic mass is 19.1. The number of benzene rings is 1. The molecule has 4 heteroatoms. The van der Waals surface area contributed by atoms with Gasteiger partial charge in [0, 0.05) is 24.3 Å². The summed E-state index contributed by atoms with van der Waals surface area (Å²) in [6.07, 6.45) is 1.08. The SMILES string of the molecule is COc1ccc(NC2CCNC2)cc1F. The van der Waals surface area contributed by atoms with Crippen molar-refractivity contribution < 1.29 is 9.13 Å². The Kier molecular flexibility index (Phi) is 3.06. The van der Waals surface area contributed by atoms with Gasteiger partial charge < -0.3 is 15.4 Å². The lowest BCUT2D eigenvalue weighted by Gasteiger charge is -2.13. The average Bonchev–Trinajstić information content (AvgIpc) is 2.71. The second-order valence-corrected chi connectivity index (χ2v) is 3.68. The predicted octanol–water partition coefficient (Wildman–Crippen LogP) is 1.61. The van der Waals surface area contributed by atoms with E-state index in [0.29, 0.717) is 6.04 Å². The third kappa shape index (κ3) is 2.39. The van der Waals surface area contributed by atoms with Crippen LogP contribution in [0.25, 0.3) is 0 Å². The van der Waals surface area contributed by atoms with E-state index in [0.717, 1.165) is 25.2 Å². The van der Waals surface area contributed by atoms with Crippen molar-refractivity contribution in [3.8, 4) is 5.75 Å². The number of methoxy groups -OCH3 is 1. The molecule has 1 heterocycles. The average molecular weight is 210 g/mol. The first-order valence-electron chi connectivity index (χ1n) is 5.10. The minimum atomic E-state index is -0.326. The van der Waals surface area contributed by atoms with Crippen LogP contribution in [0.3, 0.4) is 0 Å². The molecule has 0 spiro atoms. The summed E-state index contributed by atoms with van der Waals surface area (Å²) in [5, 5.41) is 6.52. The van der Waals surface area contributed by atoms with Gasteiger partial charge in [0.1, 0.15) is 0 Å². The Morgan fingerprint density at radius 1 is 1.53 bits per heavy atom. The van der Waals surface area contributed by atoms with E-state index < -0.39 is 0 Å². The minimum absolute atomic E-state index is 0.282. The normalized spacial score (nSPS) is 20.3. The number of rotatable bonds is 3. The molecule has 0 radical (unpaired) electrons. The lowest BCUT2D eigenvalue weighted by atomic mass is 10.2. The third-order valence-corrected chi connectivity index (χ3v) is 2.58. The van der Waals surface area contributed by atoms with Gasteiger partial charge in [0.25, 0.3) is 0 Å². The van der Waals surface area contributed by atoms with Crippen LogP contribution in [0.4, 0.5) is 10.1 Å². The van der Waals surface area contributed by atoms with E-state index in [9.17, 15) is 4.39 Å². The van der Waals surface area contributed by atoms with Crippen molar-refractivity contribution in [2.24, 2.45) is 0 Å². The van der Waals surface area contributed by atoms with E-state index in [1.807, 2.05) is 6.07 Å². The van der Waals surface area contributed by atoms with Crippen molar-refractivity contribution in [3.63, 3.8) is 0 Å². The van der Waals surface area contributed by atoms with Crippen molar-refractivity contribution in [1.29, 1.82) is 0 Å². The number of halogens is 1. The summed E-state index contributed by atoms with van der Waals surface area (Å²) < 4.78 is 18.2. The number of nitrogens with one attached hydrogen (secondary N) is 2. The van der Waals surface area contributed by atoms with Crippen LogP contribution in [0.5, 0.6) is 5.75 Å². The molecule has 2 rings (SSSR count). The van der Waals surface area contributed by atoms with Crippen molar-refractivity contribution in [1.82, 2.24) is 5.32 Å². The summed E-state index contributed by atoms with van der Waals surface area (Å²) in [7, 11) is 1.46. The van der Waals surface area contributed by atoms with Crippen LogP contribution in [0.2, 0.25) is 0 Å². The molecular weight excluding hydrogens is 195 g/mol. The van der Waals surface area contributed by atoms with E-state index in [1.165, 1.54) is 13.2 Å². The molecule has 3 nitrogen and oxygen atoms in total. The van der Waals surface area contributed by atoms with E-state index in [2.05, 4.69) is 10.6 Å². The molecule has 2 N–H and O–H groups in total. The summed E-state index contributed by atoms with van der Waals surface area (Å²) in [6, 6.07) is 5.34. The molecule has 82 valence electrons. The minimum Gasteiger partial charge on any atom is -0.494 e. The van der Waals surface area contributed by atoms with Crippen molar-refractivity contribution in [2.75, 3.05) is 25.5 Å². The van der Waals surface area contributed by atoms with Crippen molar-refractivity contribution in [2.45, 2.75) is 12.5 Å². The Hall–Kier alpha value is -1.29. The molecule has 1 aliphatic rings. The predicted molar refractivity (Wildman–Crippen MR) is 57.8 cm³/mol. The van der Waals surface area contributed by atoms with Crippen LogP contribution in [-0.4, -0.2) is 26.2 Å². The molecule has 0 aromatic heterocycles. The molecule has 0 aliphatic carbocycles. The van der Waals surface area contributed by atoms with Gasteiger partial charge in [0.2, 0.25) is 0 Å². The summed E-state index contributed by atoms with van der Waals surface area (Å²) in [6.45, 7) is 1.96. The van der Waals surface area contributed by atoms with Crippen molar-refractivity contribution in [3.05, 3.63) is 24.0 Å². The molecule has 1 aliphatic heterocycles. The van der Waals surface area contributed by atoms with Gasteiger partial charge in [-0.1, -0.05) is 0 Å². The fraction of sp³-hybridized carbons (Fsp3) is 0.455. The Bertz CT molecular complexity index is 337. The van der Waals surface area contributed by atoms with Crippen LogP contribution >= 0.6 is 0 Å². The fourth-order valence-corrected chi connectivity index (χ4v) is 1.77. The van der Waals surface area contributed by atoms with Crippen LogP contribution in [0, 0.1) is 5.82 Å². The largest absolute Gasteiger partial charge is 0.494 e. The lowest BCUT2D eigenvalue weighted by molar-refractivity contribution is 0.386. The van der Waals surface area contributed by atoms with Gasteiger partial charge >= 0.3 is 0 Å². The molecule has 1 saturated heterocycles. The number of ether oxygens (including phenoxy) is 1. The molecule has 1 aromatic rings. The maximum Gasteiger partial charge on any atom is 0.167 e. The van der Waals surface area contributed by atoms with Gasteiger partial charge in [-0.2, -0.15) is 0 Å². The van der Waals surface area contributed by atoms with Crippen LogP contribution in [-0.2, 0) is 0 Å². The number of hydrogen-bond donors (Lipinski definition) is 2. The van der Waals surface area contributed by atoms with E-state index >= 15 is 0 Å². The third-order valence-electron chi connectivity index (χ3n) is 2.58. The smallest absolute Gasteiger partial charge is 0.167 e. The fourth-order valence-electron chi connectivity index (χ4n) is 1.77. The second kappa shape index (κ2) is 4.49. The van der Waals surface area contributed by atoms with Gasteiger partial charge in [-0.3, -0.25) is 0 Å². The molecule has 0 saturated carbocycles. The molecule has 0 amide bonds. The Morgan fingerprint density at radius 3 is 3.00 bits per heavy atom. The van der Waals surface area contributed by atoms with Gasteiger partial charge in [-0.15, -0.1) is 0 Å². The van der Waals surface area contributed by atoms with Crippen LogP contribution < -0.4 is 15.4 Å². The van der Waals surface area contributed by atoms with Gasteiger partial charge in [-0.05, 0) is 25.1 Å². The zero-order valence-electron chi connectivity index (χ0n) is 8.72. The molecule has 1 fully saturated rings. The Balaban J connectivity index is 2.05. The maximum atomic E-state index is 13.3. The van der Waals surface area contributed by atoms with E-state index in [1.54, 1.807) is 6.07 Å². The Labute approximate surface area is 88.6 Å². The highest BCUT2D eigenvalue weighted by Crippen LogP contribution is 2.21. The van der Waals surface area contributed by atoms with Crippen LogP contribution in [0.15, 0.2) is 18.2 Å². The highest BCUT2D eigenvalue weighted by Gasteiger charge is 2.14. The second-order valence-electron chi connectivity index (χ2n) is 3.68. The molecule has 1 atom stereocenters. The lowest BCUT2D eigenvalue weighted by Crippen LogP contribution is -2.22. The summed E-state index contributed by atoms with van der Waals surface area (Å²) in [5.41, 5.74) is 0.807. The summed E-state index contributed by atoms with van der Waals surface area (Å²) in [4.78, 5) is 0. The quantitative estimate of drug-likeness (QED) is 0.795. The maximum absolute atomic E-state index is 13.3. The van der Waals surface area contributed by atoms with Gasteiger partial charge in [0.15, 0.2) is 11.6 Å². The standard InChI is InChI=1S/C11H15FN2O/c1-15-11-3-2-8(6-10(11)12)14-9-4-5-13-7-9/h2-3,6,9,13-14H,4-5,7H2,1H3. The molecular formula is C11H15FN2O. The summed E-state index contributed by atoms with van der Waals surface area (Å²) in [5.74, 6) is -0.0430. The van der Waals surface area contributed by atoms with E-state index in [4.69, 9.17) is 4.74 Å². The summed E-state index contributed by atoms with van der Waals surface area (Å²) >= 11 is 0. The highest BCUT2D eigenvalue weighted by molar-refractivity contribution is 5.48. The number of hydrogen-bond acceptors (Lipinski definition) is 3. The topological polar surface area (TPSA) is 33.3 Å². The first-order chi connectivity index (χ1) is 7.29. The first-order valence-corrected chi connectivity index (χ1v) is 5.10. The molecule has 0 bridgehead atoms. The molecule has 15 heavy (non-hydrogen) atoms. The van der Waals surface area contributed by atoms with E-state index in [-0.39, 0.29) is 11.6 Å². The molecule has 1 aromatic carbocycles.